The SMILES string of the molecule is CCc1nn(C)cc1CNC(C)c1nnc2ccccn12. The normalized spacial score (nSPS) is 12.9. The van der Waals surface area contributed by atoms with Gasteiger partial charge in [-0.25, -0.2) is 0 Å². The quantitative estimate of drug-likeness (QED) is 0.777. The Hall–Kier alpha value is -2.21. The lowest BCUT2D eigenvalue weighted by Crippen LogP contribution is -2.20. The molecule has 3 aromatic heterocycles. The fourth-order valence-electron chi connectivity index (χ4n) is 2.54. The van der Waals surface area contributed by atoms with E-state index in [9.17, 15) is 0 Å². The molecule has 6 heteroatoms. The minimum absolute atomic E-state index is 0.118. The largest absolute Gasteiger partial charge is 0.303 e. The molecule has 0 aliphatic heterocycles. The first-order chi connectivity index (χ1) is 10.2. The first kappa shape index (κ1) is 13.8. The molecule has 0 spiro atoms. The third-order valence-electron chi connectivity index (χ3n) is 3.65. The zero-order chi connectivity index (χ0) is 14.8. The van der Waals surface area contributed by atoms with Crippen molar-refractivity contribution in [1.29, 1.82) is 0 Å². The summed E-state index contributed by atoms with van der Waals surface area (Å²) in [5.74, 6) is 0.924. The van der Waals surface area contributed by atoms with E-state index in [0.29, 0.717) is 0 Å². The zero-order valence-corrected chi connectivity index (χ0v) is 12.6. The van der Waals surface area contributed by atoms with E-state index in [4.69, 9.17) is 0 Å². The van der Waals surface area contributed by atoms with Gasteiger partial charge in [-0.3, -0.25) is 9.08 Å². The summed E-state index contributed by atoms with van der Waals surface area (Å²) < 4.78 is 3.88. The maximum atomic E-state index is 4.46. The maximum absolute atomic E-state index is 4.46. The Labute approximate surface area is 123 Å². The van der Waals surface area contributed by atoms with Crippen LogP contribution in [0.4, 0.5) is 0 Å². The van der Waals surface area contributed by atoms with E-state index < -0.39 is 0 Å². The van der Waals surface area contributed by atoms with Crippen LogP contribution in [0.15, 0.2) is 30.6 Å². The highest BCUT2D eigenvalue weighted by Gasteiger charge is 2.14. The first-order valence-corrected chi connectivity index (χ1v) is 7.23. The molecule has 0 fully saturated rings. The van der Waals surface area contributed by atoms with Crippen LogP contribution >= 0.6 is 0 Å². The highest BCUT2D eigenvalue weighted by molar-refractivity contribution is 5.37. The zero-order valence-electron chi connectivity index (χ0n) is 12.6. The molecule has 0 radical (unpaired) electrons. The molecule has 110 valence electrons. The van der Waals surface area contributed by atoms with Crippen LogP contribution in [0.1, 0.15) is 37.0 Å². The second-order valence-corrected chi connectivity index (χ2v) is 5.22. The number of fused-ring (bicyclic) bond motifs is 1. The molecule has 0 saturated carbocycles. The second-order valence-electron chi connectivity index (χ2n) is 5.22. The molecule has 3 aromatic rings. The van der Waals surface area contributed by atoms with Crippen LogP contribution in [-0.2, 0) is 20.0 Å². The second kappa shape index (κ2) is 5.65. The van der Waals surface area contributed by atoms with Crippen molar-refractivity contribution in [3.63, 3.8) is 0 Å². The Morgan fingerprint density at radius 1 is 1.29 bits per heavy atom. The Balaban J connectivity index is 1.75. The van der Waals surface area contributed by atoms with E-state index in [0.717, 1.165) is 30.1 Å². The monoisotopic (exact) mass is 284 g/mol. The van der Waals surface area contributed by atoms with Crippen LogP contribution in [0.2, 0.25) is 0 Å². The minimum atomic E-state index is 0.118. The molecule has 0 aliphatic carbocycles. The van der Waals surface area contributed by atoms with Gasteiger partial charge >= 0.3 is 0 Å². The number of aryl methyl sites for hydroxylation is 2. The molecule has 3 heterocycles. The summed E-state index contributed by atoms with van der Waals surface area (Å²) in [4.78, 5) is 0. The molecule has 3 rings (SSSR count). The minimum Gasteiger partial charge on any atom is -0.303 e. The van der Waals surface area contributed by atoms with Gasteiger partial charge in [0.05, 0.1) is 11.7 Å². The lowest BCUT2D eigenvalue weighted by Gasteiger charge is -2.12. The topological polar surface area (TPSA) is 60.0 Å². The highest BCUT2D eigenvalue weighted by atomic mass is 15.3. The molecule has 0 bridgehead atoms. The van der Waals surface area contributed by atoms with Crippen molar-refractivity contribution in [2.24, 2.45) is 7.05 Å². The first-order valence-electron chi connectivity index (χ1n) is 7.23. The van der Waals surface area contributed by atoms with Crippen LogP contribution in [-0.4, -0.2) is 24.4 Å². The number of pyridine rings is 1. The summed E-state index contributed by atoms with van der Waals surface area (Å²) >= 11 is 0. The lowest BCUT2D eigenvalue weighted by molar-refractivity contribution is 0.540. The van der Waals surface area contributed by atoms with Gasteiger partial charge in [-0.2, -0.15) is 5.10 Å². The Morgan fingerprint density at radius 2 is 2.14 bits per heavy atom. The highest BCUT2D eigenvalue weighted by Crippen LogP contribution is 2.14. The summed E-state index contributed by atoms with van der Waals surface area (Å²) in [7, 11) is 1.96. The van der Waals surface area contributed by atoms with E-state index in [1.54, 1.807) is 0 Å². The Morgan fingerprint density at radius 3 is 2.95 bits per heavy atom. The standard InChI is InChI=1S/C15H20N6/c1-4-13-12(10-20(3)19-13)9-16-11(2)15-18-17-14-7-5-6-8-21(14)15/h5-8,10-11,16H,4,9H2,1-3H3. The summed E-state index contributed by atoms with van der Waals surface area (Å²) in [6.45, 7) is 5.01. The number of rotatable bonds is 5. The summed E-state index contributed by atoms with van der Waals surface area (Å²) in [6, 6.07) is 6.03. The van der Waals surface area contributed by atoms with Crippen molar-refractivity contribution in [1.82, 2.24) is 29.7 Å². The number of nitrogens with zero attached hydrogens (tertiary/aromatic N) is 5. The van der Waals surface area contributed by atoms with E-state index in [1.807, 2.05) is 40.5 Å². The average Bonchev–Trinajstić information content (AvgIpc) is 3.07. The number of nitrogens with one attached hydrogen (secondary N) is 1. The van der Waals surface area contributed by atoms with Crippen molar-refractivity contribution in [2.45, 2.75) is 32.9 Å². The van der Waals surface area contributed by atoms with Crippen LogP contribution in [0.25, 0.3) is 5.65 Å². The van der Waals surface area contributed by atoms with Crippen LogP contribution in [0.3, 0.4) is 0 Å². The van der Waals surface area contributed by atoms with Gasteiger partial charge in [0.15, 0.2) is 11.5 Å². The predicted molar refractivity (Wildman–Crippen MR) is 80.8 cm³/mol. The van der Waals surface area contributed by atoms with Gasteiger partial charge in [0, 0.05) is 31.5 Å². The molecule has 0 amide bonds. The number of hydrogen-bond donors (Lipinski definition) is 1. The van der Waals surface area contributed by atoms with Crippen molar-refractivity contribution in [3.05, 3.63) is 47.7 Å². The molecule has 1 atom stereocenters. The summed E-state index contributed by atoms with van der Waals surface area (Å²) in [6.07, 6.45) is 5.00. The van der Waals surface area contributed by atoms with Gasteiger partial charge < -0.3 is 5.32 Å². The Bertz CT molecular complexity index is 742. The van der Waals surface area contributed by atoms with Crippen molar-refractivity contribution in [3.8, 4) is 0 Å². The van der Waals surface area contributed by atoms with Gasteiger partial charge in [0.25, 0.3) is 0 Å². The van der Waals surface area contributed by atoms with E-state index >= 15 is 0 Å². The smallest absolute Gasteiger partial charge is 0.160 e. The van der Waals surface area contributed by atoms with Gasteiger partial charge in [0.1, 0.15) is 0 Å². The van der Waals surface area contributed by atoms with Crippen LogP contribution < -0.4 is 5.32 Å². The summed E-state index contributed by atoms with van der Waals surface area (Å²) in [5, 5.41) is 16.4. The molecule has 21 heavy (non-hydrogen) atoms. The van der Waals surface area contributed by atoms with E-state index in [1.165, 1.54) is 5.56 Å². The molecule has 1 N–H and O–H groups in total. The lowest BCUT2D eigenvalue weighted by atomic mass is 10.2. The molecular weight excluding hydrogens is 264 g/mol. The molecule has 0 aliphatic rings. The van der Waals surface area contributed by atoms with Crippen molar-refractivity contribution < 1.29 is 0 Å². The van der Waals surface area contributed by atoms with E-state index in [2.05, 4.69) is 40.7 Å². The molecule has 1 unspecified atom stereocenters. The molecular formula is C15H20N6. The predicted octanol–water partition coefficient (Wildman–Crippen LogP) is 1.88. The maximum Gasteiger partial charge on any atom is 0.160 e. The van der Waals surface area contributed by atoms with Crippen LogP contribution in [0, 0.1) is 0 Å². The third kappa shape index (κ3) is 2.67. The molecule has 0 aromatic carbocycles. The van der Waals surface area contributed by atoms with Crippen molar-refractivity contribution >= 4 is 5.65 Å². The van der Waals surface area contributed by atoms with Gasteiger partial charge in [-0.05, 0) is 25.5 Å². The van der Waals surface area contributed by atoms with Crippen molar-refractivity contribution in [2.75, 3.05) is 0 Å². The molecule has 0 saturated heterocycles. The summed E-state index contributed by atoms with van der Waals surface area (Å²) in [5.41, 5.74) is 3.25. The fraction of sp³-hybridized carbons (Fsp3) is 0.400. The number of hydrogen-bond acceptors (Lipinski definition) is 4. The van der Waals surface area contributed by atoms with Gasteiger partial charge in [0.2, 0.25) is 0 Å². The fourth-order valence-corrected chi connectivity index (χ4v) is 2.54. The Kier molecular flexibility index (Phi) is 3.70. The van der Waals surface area contributed by atoms with Gasteiger partial charge in [-0.1, -0.05) is 13.0 Å². The molecule has 6 nitrogen and oxygen atoms in total. The van der Waals surface area contributed by atoms with Crippen LogP contribution in [0.5, 0.6) is 0 Å². The third-order valence-corrected chi connectivity index (χ3v) is 3.65. The van der Waals surface area contributed by atoms with E-state index in [-0.39, 0.29) is 6.04 Å². The number of aromatic nitrogens is 5. The van der Waals surface area contributed by atoms with Gasteiger partial charge in [-0.15, -0.1) is 10.2 Å². The average molecular weight is 284 g/mol.